The Balaban J connectivity index is 2.34. The fourth-order valence-electron chi connectivity index (χ4n) is 2.88. The van der Waals surface area contributed by atoms with Gasteiger partial charge in [-0.15, -0.1) is 0 Å². The highest BCUT2D eigenvalue weighted by Gasteiger charge is 2.43. The van der Waals surface area contributed by atoms with Crippen LogP contribution in [-0.2, 0) is 0 Å². The van der Waals surface area contributed by atoms with Crippen molar-refractivity contribution in [3.63, 3.8) is 0 Å². The fraction of sp³-hybridized carbons (Fsp3) is 0.100. The lowest BCUT2D eigenvalue weighted by Gasteiger charge is -2.26. The van der Waals surface area contributed by atoms with Crippen LogP contribution in [0.15, 0.2) is 91.0 Å². The Bertz CT molecular complexity index is 612. The molecule has 21 heavy (non-hydrogen) atoms. The molecule has 0 saturated heterocycles. The van der Waals surface area contributed by atoms with Gasteiger partial charge in [0.15, 0.2) is 0 Å². The Morgan fingerprint density at radius 3 is 1.14 bits per heavy atom. The zero-order chi connectivity index (χ0) is 15.4. The lowest BCUT2D eigenvalue weighted by molar-refractivity contribution is 1.48. The number of rotatable bonds is 4. The molecule has 0 nitrogen and oxygen atoms in total. The first-order valence-corrected chi connectivity index (χ1v) is 9.10. The van der Waals surface area contributed by atoms with E-state index in [9.17, 15) is 0 Å². The molecule has 0 amide bonds. The van der Waals surface area contributed by atoms with Crippen LogP contribution in [0.4, 0.5) is 0 Å². The molecule has 0 fully saturated rings. The quantitative estimate of drug-likeness (QED) is 0.638. The van der Waals surface area contributed by atoms with Crippen molar-refractivity contribution >= 4 is 23.2 Å². The summed E-state index contributed by atoms with van der Waals surface area (Å²) in [4.78, 5) is 0. The SMILES string of the molecule is [2H]C(C)[P+](c1ccccc1)(c1ccccc1)c1ccccc1. The van der Waals surface area contributed by atoms with Gasteiger partial charge in [0, 0.05) is 0 Å². The molecule has 0 spiro atoms. The van der Waals surface area contributed by atoms with Crippen molar-refractivity contribution in [2.24, 2.45) is 0 Å². The molecule has 1 unspecified atom stereocenters. The first-order chi connectivity index (χ1) is 10.8. The standard InChI is InChI=1S/C20H20P/c1-2-21(18-12-6-3-7-13-18,19-14-8-4-9-15-19)20-16-10-5-11-17-20/h3-17H,2H2,1H3/q+1/i2D. The molecular formula is C20H20P+. The molecule has 0 bridgehead atoms. The summed E-state index contributed by atoms with van der Waals surface area (Å²) in [5.41, 5.74) is 0. The molecule has 104 valence electrons. The Hall–Kier alpha value is -1.91. The van der Waals surface area contributed by atoms with Gasteiger partial charge >= 0.3 is 0 Å². The maximum atomic E-state index is 8.74. The fourth-order valence-corrected chi connectivity index (χ4v) is 6.60. The molecule has 3 aromatic rings. The number of hydrogen-bond acceptors (Lipinski definition) is 0. The lowest BCUT2D eigenvalue weighted by atomic mass is 10.4. The second kappa shape index (κ2) is 6.24. The zero-order valence-corrected chi connectivity index (χ0v) is 13.1. The molecule has 0 radical (unpaired) electrons. The third-order valence-electron chi connectivity index (χ3n) is 3.88. The topological polar surface area (TPSA) is 0 Å². The molecule has 0 aromatic heterocycles. The van der Waals surface area contributed by atoms with E-state index in [2.05, 4.69) is 72.8 Å². The molecule has 0 aliphatic heterocycles. The van der Waals surface area contributed by atoms with E-state index in [0.29, 0.717) is 0 Å². The third kappa shape index (κ3) is 2.52. The molecule has 0 aliphatic carbocycles. The monoisotopic (exact) mass is 292 g/mol. The maximum absolute atomic E-state index is 8.74. The van der Waals surface area contributed by atoms with Crippen LogP contribution < -0.4 is 15.9 Å². The summed E-state index contributed by atoms with van der Waals surface area (Å²) in [5, 5.41) is 3.82. The first kappa shape index (κ1) is 12.8. The smallest absolute Gasteiger partial charge is 0.0620 e. The van der Waals surface area contributed by atoms with E-state index < -0.39 is 7.26 Å². The van der Waals surface area contributed by atoms with E-state index in [4.69, 9.17) is 1.37 Å². The molecule has 0 aliphatic rings. The van der Waals surface area contributed by atoms with Gasteiger partial charge in [-0.2, -0.15) is 0 Å². The van der Waals surface area contributed by atoms with Crippen LogP contribution >= 0.6 is 7.26 Å². The van der Waals surface area contributed by atoms with Gasteiger partial charge in [-0.1, -0.05) is 54.6 Å². The number of benzene rings is 3. The van der Waals surface area contributed by atoms with Crippen LogP contribution in [0.25, 0.3) is 0 Å². The van der Waals surface area contributed by atoms with Crippen molar-refractivity contribution < 1.29 is 1.37 Å². The Morgan fingerprint density at radius 1 is 0.619 bits per heavy atom. The highest BCUT2D eigenvalue weighted by Crippen LogP contribution is 2.54. The largest absolute Gasteiger partial charge is 0.111 e. The highest BCUT2D eigenvalue weighted by molar-refractivity contribution is 7.95. The van der Waals surface area contributed by atoms with E-state index in [1.54, 1.807) is 0 Å². The first-order valence-electron chi connectivity index (χ1n) is 7.82. The van der Waals surface area contributed by atoms with Crippen LogP contribution in [0.5, 0.6) is 0 Å². The van der Waals surface area contributed by atoms with Gasteiger partial charge in [0.1, 0.15) is 23.2 Å². The van der Waals surface area contributed by atoms with Crippen molar-refractivity contribution in [2.75, 3.05) is 6.14 Å². The minimum atomic E-state index is -1.96. The second-order valence-corrected chi connectivity index (χ2v) is 8.50. The molecule has 0 N–H and O–H groups in total. The van der Waals surface area contributed by atoms with E-state index in [0.717, 1.165) is 0 Å². The minimum absolute atomic E-state index is 0.195. The summed E-state index contributed by atoms with van der Waals surface area (Å²) < 4.78 is 8.74. The summed E-state index contributed by atoms with van der Waals surface area (Å²) in [6.45, 7) is 2.03. The summed E-state index contributed by atoms with van der Waals surface area (Å²) >= 11 is 0. The van der Waals surface area contributed by atoms with E-state index in [1.165, 1.54) is 15.9 Å². The van der Waals surface area contributed by atoms with Gasteiger partial charge in [-0.05, 0) is 43.3 Å². The van der Waals surface area contributed by atoms with Gasteiger partial charge in [0.25, 0.3) is 0 Å². The van der Waals surface area contributed by atoms with E-state index in [-0.39, 0.29) is 6.14 Å². The van der Waals surface area contributed by atoms with Crippen molar-refractivity contribution in [1.29, 1.82) is 0 Å². The minimum Gasteiger partial charge on any atom is -0.0620 e. The average Bonchev–Trinajstić information content (AvgIpc) is 2.58. The summed E-state index contributed by atoms with van der Waals surface area (Å²) in [6.07, 6.45) is -0.195. The van der Waals surface area contributed by atoms with Crippen molar-refractivity contribution in [2.45, 2.75) is 6.92 Å². The second-order valence-electron chi connectivity index (χ2n) is 4.99. The van der Waals surface area contributed by atoms with Crippen LogP contribution in [0.2, 0.25) is 0 Å². The van der Waals surface area contributed by atoms with Crippen LogP contribution in [-0.4, -0.2) is 6.14 Å². The van der Waals surface area contributed by atoms with Gasteiger partial charge in [-0.25, -0.2) is 0 Å². The maximum Gasteiger partial charge on any atom is 0.111 e. The van der Waals surface area contributed by atoms with E-state index >= 15 is 0 Å². The van der Waals surface area contributed by atoms with Gasteiger partial charge in [-0.3, -0.25) is 0 Å². The average molecular weight is 292 g/mol. The Kier molecular flexibility index (Phi) is 3.81. The molecule has 3 rings (SSSR count). The van der Waals surface area contributed by atoms with Crippen LogP contribution in [0.1, 0.15) is 8.29 Å². The summed E-state index contributed by atoms with van der Waals surface area (Å²) in [6, 6.07) is 31.7. The van der Waals surface area contributed by atoms with Gasteiger partial charge < -0.3 is 0 Å². The summed E-state index contributed by atoms with van der Waals surface area (Å²) in [5.74, 6) is 0. The Labute approximate surface area is 129 Å². The predicted molar refractivity (Wildman–Crippen MR) is 95.7 cm³/mol. The predicted octanol–water partition coefficient (Wildman–Crippen LogP) is 4.00. The molecular weight excluding hydrogens is 271 g/mol. The van der Waals surface area contributed by atoms with Gasteiger partial charge in [0.2, 0.25) is 0 Å². The lowest BCUT2D eigenvalue weighted by Crippen LogP contribution is -2.32. The van der Waals surface area contributed by atoms with Crippen molar-refractivity contribution in [1.82, 2.24) is 0 Å². The molecule has 1 atom stereocenters. The van der Waals surface area contributed by atoms with Crippen molar-refractivity contribution in [3.8, 4) is 0 Å². The zero-order valence-electron chi connectivity index (χ0n) is 13.2. The number of hydrogen-bond donors (Lipinski definition) is 0. The normalized spacial score (nSPS) is 13.5. The molecule has 0 heterocycles. The Morgan fingerprint density at radius 2 is 0.905 bits per heavy atom. The summed E-state index contributed by atoms with van der Waals surface area (Å²) in [7, 11) is -1.96. The van der Waals surface area contributed by atoms with Crippen molar-refractivity contribution in [3.05, 3.63) is 91.0 Å². The van der Waals surface area contributed by atoms with Crippen LogP contribution in [0, 0.1) is 0 Å². The third-order valence-corrected chi connectivity index (χ3v) is 7.99. The van der Waals surface area contributed by atoms with Gasteiger partial charge in [0.05, 0.1) is 7.51 Å². The molecule has 0 saturated carbocycles. The molecule has 3 aromatic carbocycles. The highest BCUT2D eigenvalue weighted by atomic mass is 31.2. The molecule has 1 heteroatoms. The van der Waals surface area contributed by atoms with E-state index in [1.807, 2.05) is 25.1 Å². The van der Waals surface area contributed by atoms with Crippen LogP contribution in [0.3, 0.4) is 0 Å².